The van der Waals surface area contributed by atoms with Crippen LogP contribution in [0.3, 0.4) is 0 Å². The first-order valence-electron chi connectivity index (χ1n) is 10.7. The van der Waals surface area contributed by atoms with Crippen LogP contribution in [0.25, 0.3) is 0 Å². The third-order valence-electron chi connectivity index (χ3n) is 5.31. The SMILES string of the molecule is CCCCN1C(=O)N(CCCN(N=N)C(=N)Cc2ccccc2Cl)C(=O)Cc2[nH]c(Cl)nc21. The number of imide groups is 1. The Morgan fingerprint density at radius 1 is 1.21 bits per heavy atom. The number of anilines is 1. The summed E-state index contributed by atoms with van der Waals surface area (Å²) in [5, 5.41) is 13.6. The average Bonchev–Trinajstić information content (AvgIpc) is 3.11. The number of aromatic amines is 1. The number of H-pyrrole nitrogens is 1. The number of rotatable bonds is 10. The topological polar surface area (TPSA) is 133 Å². The zero-order chi connectivity index (χ0) is 24.0. The van der Waals surface area contributed by atoms with Crippen LogP contribution in [-0.4, -0.2) is 57.3 Å². The van der Waals surface area contributed by atoms with Gasteiger partial charge in [0.2, 0.25) is 11.2 Å². The Kier molecular flexibility index (Phi) is 8.40. The molecule has 176 valence electrons. The van der Waals surface area contributed by atoms with E-state index in [0.29, 0.717) is 29.5 Å². The van der Waals surface area contributed by atoms with Gasteiger partial charge in [-0.3, -0.25) is 20.0 Å². The molecule has 0 fully saturated rings. The van der Waals surface area contributed by atoms with Crippen LogP contribution < -0.4 is 4.90 Å². The second-order valence-corrected chi connectivity index (χ2v) is 8.40. The van der Waals surface area contributed by atoms with Crippen LogP contribution >= 0.6 is 23.2 Å². The average molecular weight is 493 g/mol. The van der Waals surface area contributed by atoms with Crippen molar-refractivity contribution in [2.45, 2.75) is 39.0 Å². The van der Waals surface area contributed by atoms with Crippen LogP contribution in [0.2, 0.25) is 10.3 Å². The number of imidazole rings is 1. The van der Waals surface area contributed by atoms with Gasteiger partial charge in [0.25, 0.3) is 0 Å². The van der Waals surface area contributed by atoms with E-state index >= 15 is 0 Å². The Hall–Kier alpha value is -2.98. The quantitative estimate of drug-likeness (QED) is 0.192. The number of amidine groups is 1. The number of carbonyl (C=O) groups excluding carboxylic acids is 2. The van der Waals surface area contributed by atoms with Gasteiger partial charge in [-0.2, -0.15) is 10.5 Å². The number of hydrogen-bond donors (Lipinski definition) is 3. The lowest BCUT2D eigenvalue weighted by Crippen LogP contribution is -2.46. The van der Waals surface area contributed by atoms with Crippen molar-refractivity contribution >= 4 is 46.8 Å². The normalized spacial score (nSPS) is 13.7. The molecule has 0 saturated carbocycles. The van der Waals surface area contributed by atoms with E-state index < -0.39 is 6.03 Å². The summed E-state index contributed by atoms with van der Waals surface area (Å²) >= 11 is 12.1. The molecule has 0 aliphatic carbocycles. The molecule has 1 aliphatic rings. The van der Waals surface area contributed by atoms with E-state index in [0.717, 1.165) is 18.4 Å². The summed E-state index contributed by atoms with van der Waals surface area (Å²) in [7, 11) is 0. The fourth-order valence-corrected chi connectivity index (χ4v) is 3.98. The number of fused-ring (bicyclic) bond motifs is 1. The molecule has 0 saturated heterocycles. The van der Waals surface area contributed by atoms with E-state index in [1.54, 1.807) is 12.1 Å². The second kappa shape index (κ2) is 11.2. The first-order valence-corrected chi connectivity index (χ1v) is 11.4. The lowest BCUT2D eigenvalue weighted by molar-refractivity contribution is -0.127. The van der Waals surface area contributed by atoms with Gasteiger partial charge in [0.1, 0.15) is 5.84 Å². The highest BCUT2D eigenvalue weighted by molar-refractivity contribution is 6.31. The van der Waals surface area contributed by atoms with Gasteiger partial charge in [0.15, 0.2) is 5.82 Å². The fraction of sp³-hybridized carbons (Fsp3) is 0.429. The number of unbranched alkanes of at least 4 members (excludes halogenated alkanes) is 1. The summed E-state index contributed by atoms with van der Waals surface area (Å²) < 4.78 is 0. The lowest BCUT2D eigenvalue weighted by atomic mass is 10.1. The van der Waals surface area contributed by atoms with Crippen LogP contribution in [0.4, 0.5) is 10.6 Å². The van der Waals surface area contributed by atoms with E-state index in [9.17, 15) is 9.59 Å². The van der Waals surface area contributed by atoms with Gasteiger partial charge >= 0.3 is 6.03 Å². The molecule has 0 atom stereocenters. The monoisotopic (exact) mass is 492 g/mol. The summed E-state index contributed by atoms with van der Waals surface area (Å²) in [6, 6.07) is 6.74. The largest absolute Gasteiger partial charge is 0.332 e. The molecule has 0 spiro atoms. The smallest absolute Gasteiger partial charge is 0.330 e. The number of nitrogens with zero attached hydrogens (tertiary/aromatic N) is 5. The highest BCUT2D eigenvalue weighted by Crippen LogP contribution is 2.26. The molecule has 1 aliphatic heterocycles. The van der Waals surface area contributed by atoms with Crippen molar-refractivity contribution in [3.05, 3.63) is 45.8 Å². The van der Waals surface area contributed by atoms with Crippen molar-refractivity contribution in [2.75, 3.05) is 24.5 Å². The minimum Gasteiger partial charge on any atom is -0.330 e. The summed E-state index contributed by atoms with van der Waals surface area (Å²) in [6.45, 7) is 2.77. The predicted molar refractivity (Wildman–Crippen MR) is 126 cm³/mol. The number of hydrogen-bond acceptors (Lipinski definition) is 6. The number of carbonyl (C=O) groups is 2. The van der Waals surface area contributed by atoms with E-state index in [1.165, 1.54) is 14.8 Å². The molecule has 0 unspecified atom stereocenters. The van der Waals surface area contributed by atoms with Crippen molar-refractivity contribution in [3.8, 4) is 0 Å². The maximum Gasteiger partial charge on any atom is 0.332 e. The lowest BCUT2D eigenvalue weighted by Gasteiger charge is -2.26. The maximum absolute atomic E-state index is 13.2. The Morgan fingerprint density at radius 3 is 2.64 bits per heavy atom. The Morgan fingerprint density at radius 2 is 1.94 bits per heavy atom. The molecular formula is C21H26Cl2N8O2. The van der Waals surface area contributed by atoms with Crippen LogP contribution in [-0.2, 0) is 17.6 Å². The molecule has 1 aromatic carbocycles. The molecule has 10 nitrogen and oxygen atoms in total. The van der Waals surface area contributed by atoms with Crippen molar-refractivity contribution in [1.29, 1.82) is 10.9 Å². The molecule has 3 amide bonds. The van der Waals surface area contributed by atoms with Gasteiger partial charge < -0.3 is 4.98 Å². The van der Waals surface area contributed by atoms with Gasteiger partial charge in [0, 0.05) is 31.1 Å². The second-order valence-electron chi connectivity index (χ2n) is 7.63. The van der Waals surface area contributed by atoms with Gasteiger partial charge in [-0.1, -0.05) is 48.4 Å². The van der Waals surface area contributed by atoms with Gasteiger partial charge in [-0.25, -0.2) is 9.80 Å². The molecule has 0 bridgehead atoms. The van der Waals surface area contributed by atoms with Crippen molar-refractivity contribution in [1.82, 2.24) is 19.9 Å². The number of benzene rings is 1. The maximum atomic E-state index is 13.2. The summed E-state index contributed by atoms with van der Waals surface area (Å²) in [5.41, 5.74) is 8.71. The molecule has 12 heteroatoms. The van der Waals surface area contributed by atoms with E-state index in [4.69, 9.17) is 34.1 Å². The highest BCUT2D eigenvalue weighted by atomic mass is 35.5. The van der Waals surface area contributed by atoms with Crippen LogP contribution in [0, 0.1) is 10.9 Å². The summed E-state index contributed by atoms with van der Waals surface area (Å²) in [6.07, 6.45) is 2.17. The zero-order valence-electron chi connectivity index (χ0n) is 18.3. The minimum atomic E-state index is -0.448. The molecule has 0 radical (unpaired) electrons. The van der Waals surface area contributed by atoms with Gasteiger partial charge in [-0.15, -0.1) is 0 Å². The van der Waals surface area contributed by atoms with E-state index in [-0.39, 0.29) is 43.0 Å². The molecular weight excluding hydrogens is 467 g/mol. The number of urea groups is 1. The molecule has 3 rings (SSSR count). The Labute approximate surface area is 201 Å². The van der Waals surface area contributed by atoms with Crippen LogP contribution in [0.5, 0.6) is 0 Å². The number of nitrogens with one attached hydrogen (secondary N) is 3. The van der Waals surface area contributed by atoms with E-state index in [2.05, 4.69) is 15.2 Å². The molecule has 2 heterocycles. The predicted octanol–water partition coefficient (Wildman–Crippen LogP) is 4.69. The molecule has 33 heavy (non-hydrogen) atoms. The van der Waals surface area contributed by atoms with Crippen molar-refractivity contribution < 1.29 is 9.59 Å². The molecule has 1 aromatic heterocycles. The number of aromatic nitrogens is 2. The molecule has 2 aromatic rings. The van der Waals surface area contributed by atoms with Crippen molar-refractivity contribution in [2.24, 2.45) is 5.22 Å². The number of amides is 3. The number of halogens is 2. The van der Waals surface area contributed by atoms with Crippen LogP contribution in [0.15, 0.2) is 29.5 Å². The fourth-order valence-electron chi connectivity index (χ4n) is 3.58. The third kappa shape index (κ3) is 5.88. The summed E-state index contributed by atoms with van der Waals surface area (Å²) in [5.74, 6) is 0.129. The third-order valence-corrected chi connectivity index (χ3v) is 5.86. The standard InChI is InChI=1S/C21H26Cl2N8O2/c1-2-3-9-30-19-16(26-20(23)27-19)13-18(32)29(21(30)33)10-6-11-31(28-25)17(24)12-14-7-4-5-8-15(14)22/h4-5,7-8,24-25H,2-3,6,9-13H2,1H3,(H,26,27). The Bertz CT molecular complexity index is 1040. The van der Waals surface area contributed by atoms with Crippen molar-refractivity contribution in [3.63, 3.8) is 0 Å². The first kappa shape index (κ1) is 24.7. The van der Waals surface area contributed by atoms with Gasteiger partial charge in [-0.05, 0) is 36.1 Å². The zero-order valence-corrected chi connectivity index (χ0v) is 19.8. The first-order chi connectivity index (χ1) is 15.8. The highest BCUT2D eigenvalue weighted by Gasteiger charge is 2.35. The molecule has 3 N–H and O–H groups in total. The minimum absolute atomic E-state index is 0.0156. The van der Waals surface area contributed by atoms with Gasteiger partial charge in [0.05, 0.1) is 12.1 Å². The van der Waals surface area contributed by atoms with E-state index in [1.807, 2.05) is 19.1 Å². The van der Waals surface area contributed by atoms with Crippen LogP contribution in [0.1, 0.15) is 37.4 Å². The Balaban J connectivity index is 1.65. The summed E-state index contributed by atoms with van der Waals surface area (Å²) in [4.78, 5) is 35.8.